The maximum atomic E-state index is 12.9. The molecule has 0 fully saturated rings. The van der Waals surface area contributed by atoms with E-state index in [2.05, 4.69) is 10.4 Å². The highest BCUT2D eigenvalue weighted by Crippen LogP contribution is 2.36. The summed E-state index contributed by atoms with van der Waals surface area (Å²) in [5.41, 5.74) is 0.391. The van der Waals surface area contributed by atoms with Crippen molar-refractivity contribution in [2.24, 2.45) is 0 Å². The highest BCUT2D eigenvalue weighted by atomic mass is 35.5. The van der Waals surface area contributed by atoms with Crippen molar-refractivity contribution in [3.63, 3.8) is 0 Å². The maximum Gasteiger partial charge on any atom is 0.417 e. The number of aromatic nitrogens is 2. The van der Waals surface area contributed by atoms with Crippen LogP contribution in [0.2, 0.25) is 5.02 Å². The Hall–Kier alpha value is -3.33. The second-order valence-corrected chi connectivity index (χ2v) is 7.20. The van der Waals surface area contributed by atoms with Crippen molar-refractivity contribution >= 4 is 29.1 Å². The largest absolute Gasteiger partial charge is 0.417 e. The van der Waals surface area contributed by atoms with E-state index in [1.807, 2.05) is 30.3 Å². The molecular formula is C21H18ClF3N4O2. The van der Waals surface area contributed by atoms with Gasteiger partial charge in [0.2, 0.25) is 11.8 Å². The van der Waals surface area contributed by atoms with Gasteiger partial charge >= 0.3 is 6.18 Å². The fourth-order valence-corrected chi connectivity index (χ4v) is 3.03. The van der Waals surface area contributed by atoms with Gasteiger partial charge in [0.05, 0.1) is 35.4 Å². The molecule has 0 spiro atoms. The number of para-hydroxylation sites is 1. The molecule has 0 saturated carbocycles. The number of halogens is 4. The molecule has 6 nitrogen and oxygen atoms in total. The Kier molecular flexibility index (Phi) is 6.65. The number of rotatable bonds is 6. The Bertz CT molecular complexity index is 1080. The molecule has 2 amide bonds. The number of amides is 2. The summed E-state index contributed by atoms with van der Waals surface area (Å²) in [6, 6.07) is 12.4. The van der Waals surface area contributed by atoms with Crippen LogP contribution in [0.25, 0.3) is 5.69 Å². The molecule has 162 valence electrons. The van der Waals surface area contributed by atoms with Gasteiger partial charge in [-0.05, 0) is 35.9 Å². The zero-order valence-electron chi connectivity index (χ0n) is 16.4. The molecule has 0 radical (unpaired) electrons. The van der Waals surface area contributed by atoms with Crippen LogP contribution in [0.3, 0.4) is 0 Å². The first-order chi connectivity index (χ1) is 14.6. The van der Waals surface area contributed by atoms with Crippen molar-refractivity contribution in [2.45, 2.75) is 12.6 Å². The Morgan fingerprint density at radius 2 is 1.87 bits per heavy atom. The Labute approximate surface area is 181 Å². The van der Waals surface area contributed by atoms with E-state index >= 15 is 0 Å². The summed E-state index contributed by atoms with van der Waals surface area (Å²) in [4.78, 5) is 25.8. The quantitative estimate of drug-likeness (QED) is 0.612. The Morgan fingerprint density at radius 3 is 2.55 bits per heavy atom. The van der Waals surface area contributed by atoms with Gasteiger partial charge in [0.1, 0.15) is 0 Å². The number of alkyl halides is 3. The molecule has 0 saturated heterocycles. The van der Waals surface area contributed by atoms with E-state index < -0.39 is 22.7 Å². The van der Waals surface area contributed by atoms with Crippen LogP contribution in [0.4, 0.5) is 18.9 Å². The minimum absolute atomic E-state index is 0.0236. The molecule has 2 aromatic carbocycles. The van der Waals surface area contributed by atoms with Gasteiger partial charge in [0.15, 0.2) is 0 Å². The zero-order chi connectivity index (χ0) is 22.6. The number of benzene rings is 2. The molecule has 3 aromatic rings. The molecule has 0 aliphatic heterocycles. The third-order valence-electron chi connectivity index (χ3n) is 4.37. The van der Waals surface area contributed by atoms with E-state index in [1.54, 1.807) is 17.1 Å². The van der Waals surface area contributed by atoms with Crippen LogP contribution < -0.4 is 5.32 Å². The lowest BCUT2D eigenvalue weighted by molar-refractivity contribution is -0.137. The van der Waals surface area contributed by atoms with Crippen molar-refractivity contribution in [3.05, 3.63) is 77.1 Å². The minimum atomic E-state index is -4.64. The molecule has 10 heteroatoms. The molecular weight excluding hydrogens is 433 g/mol. The first-order valence-electron chi connectivity index (χ1n) is 9.13. The third kappa shape index (κ3) is 5.85. The predicted molar refractivity (Wildman–Crippen MR) is 110 cm³/mol. The van der Waals surface area contributed by atoms with Crippen LogP contribution in [-0.4, -0.2) is 40.1 Å². The molecule has 1 heterocycles. The number of anilines is 1. The average molecular weight is 451 g/mol. The number of nitrogens with zero attached hydrogens (tertiary/aromatic N) is 3. The number of carbonyl (C=O) groups is 2. The molecule has 0 aliphatic rings. The standard InChI is InChI=1S/C21H18ClF3N4O2/c1-28(13-19(30)27-15-7-8-18(22)17(10-15)21(23,24)25)20(31)9-14-11-26-29(12-14)16-5-3-2-4-6-16/h2-8,10-12H,9,13H2,1H3,(H,27,30). The molecule has 1 aromatic heterocycles. The lowest BCUT2D eigenvalue weighted by Crippen LogP contribution is -2.35. The summed E-state index contributed by atoms with van der Waals surface area (Å²) in [5.74, 6) is -0.971. The van der Waals surface area contributed by atoms with Gasteiger partial charge in [-0.25, -0.2) is 4.68 Å². The van der Waals surface area contributed by atoms with Crippen molar-refractivity contribution in [2.75, 3.05) is 18.9 Å². The molecule has 0 unspecified atom stereocenters. The van der Waals surface area contributed by atoms with Gasteiger partial charge < -0.3 is 10.2 Å². The van der Waals surface area contributed by atoms with E-state index in [-0.39, 0.29) is 24.6 Å². The highest BCUT2D eigenvalue weighted by Gasteiger charge is 2.33. The third-order valence-corrected chi connectivity index (χ3v) is 4.70. The van der Waals surface area contributed by atoms with Gasteiger partial charge in [-0.2, -0.15) is 18.3 Å². The summed E-state index contributed by atoms with van der Waals surface area (Å²) in [6.07, 6.45) is -1.34. The Morgan fingerprint density at radius 1 is 1.16 bits per heavy atom. The summed E-state index contributed by atoms with van der Waals surface area (Å²) >= 11 is 5.57. The van der Waals surface area contributed by atoms with Crippen LogP contribution in [0.15, 0.2) is 60.9 Å². The molecule has 0 bridgehead atoms. The summed E-state index contributed by atoms with van der Waals surface area (Å²) in [7, 11) is 1.44. The van der Waals surface area contributed by atoms with Crippen LogP contribution in [0.5, 0.6) is 0 Å². The van der Waals surface area contributed by atoms with Crippen LogP contribution in [0.1, 0.15) is 11.1 Å². The number of hydrogen-bond acceptors (Lipinski definition) is 3. The summed E-state index contributed by atoms with van der Waals surface area (Å²) < 4.78 is 40.5. The van der Waals surface area contributed by atoms with Crippen LogP contribution in [0, 0.1) is 0 Å². The molecule has 1 N–H and O–H groups in total. The first-order valence-corrected chi connectivity index (χ1v) is 9.51. The highest BCUT2D eigenvalue weighted by molar-refractivity contribution is 6.31. The van der Waals surface area contributed by atoms with Crippen molar-refractivity contribution < 1.29 is 22.8 Å². The number of likely N-dealkylation sites (N-methyl/N-ethyl adjacent to an activating group) is 1. The number of nitrogens with one attached hydrogen (secondary N) is 1. The molecule has 3 rings (SSSR count). The van der Waals surface area contributed by atoms with E-state index in [0.29, 0.717) is 5.56 Å². The van der Waals surface area contributed by atoms with E-state index in [9.17, 15) is 22.8 Å². The predicted octanol–water partition coefficient (Wildman–Crippen LogP) is 4.18. The van der Waals surface area contributed by atoms with Gasteiger partial charge in [0.25, 0.3) is 0 Å². The van der Waals surface area contributed by atoms with Gasteiger partial charge in [0, 0.05) is 18.9 Å². The van der Waals surface area contributed by atoms with Crippen LogP contribution >= 0.6 is 11.6 Å². The van der Waals surface area contributed by atoms with Crippen molar-refractivity contribution in [1.82, 2.24) is 14.7 Å². The van der Waals surface area contributed by atoms with E-state index in [1.165, 1.54) is 18.0 Å². The minimum Gasteiger partial charge on any atom is -0.336 e. The second kappa shape index (κ2) is 9.22. The molecule has 31 heavy (non-hydrogen) atoms. The normalized spacial score (nSPS) is 11.3. The fraction of sp³-hybridized carbons (Fsp3) is 0.190. The summed E-state index contributed by atoms with van der Waals surface area (Å²) in [5, 5.41) is 6.10. The van der Waals surface area contributed by atoms with E-state index in [0.717, 1.165) is 17.8 Å². The number of carbonyl (C=O) groups excluding carboxylic acids is 2. The smallest absolute Gasteiger partial charge is 0.336 e. The van der Waals surface area contributed by atoms with Crippen molar-refractivity contribution in [3.8, 4) is 5.69 Å². The zero-order valence-corrected chi connectivity index (χ0v) is 17.1. The Balaban J connectivity index is 1.58. The van der Waals surface area contributed by atoms with Crippen LogP contribution in [-0.2, 0) is 22.2 Å². The molecule has 0 aliphatic carbocycles. The van der Waals surface area contributed by atoms with Gasteiger partial charge in [-0.1, -0.05) is 29.8 Å². The van der Waals surface area contributed by atoms with Gasteiger partial charge in [-0.15, -0.1) is 0 Å². The van der Waals surface area contributed by atoms with E-state index in [4.69, 9.17) is 11.6 Å². The van der Waals surface area contributed by atoms with Gasteiger partial charge in [-0.3, -0.25) is 9.59 Å². The SMILES string of the molecule is CN(CC(=O)Nc1ccc(Cl)c(C(F)(F)F)c1)C(=O)Cc1cnn(-c2ccccc2)c1. The average Bonchev–Trinajstić information content (AvgIpc) is 3.17. The second-order valence-electron chi connectivity index (χ2n) is 6.80. The lowest BCUT2D eigenvalue weighted by atomic mass is 10.2. The topological polar surface area (TPSA) is 67.2 Å². The molecule has 0 atom stereocenters. The van der Waals surface area contributed by atoms with Crippen molar-refractivity contribution in [1.29, 1.82) is 0 Å². The lowest BCUT2D eigenvalue weighted by Gasteiger charge is -2.17. The maximum absolute atomic E-state index is 12.9. The first kappa shape index (κ1) is 22.4. The fourth-order valence-electron chi connectivity index (χ4n) is 2.81. The summed E-state index contributed by atoms with van der Waals surface area (Å²) in [6.45, 7) is -0.324. The number of hydrogen-bond donors (Lipinski definition) is 1. The monoisotopic (exact) mass is 450 g/mol.